The van der Waals surface area contributed by atoms with E-state index in [9.17, 15) is 0 Å². The highest BCUT2D eigenvalue weighted by molar-refractivity contribution is 7.71. The van der Waals surface area contributed by atoms with Crippen LogP contribution in [0.15, 0.2) is 24.3 Å². The molecule has 0 radical (unpaired) electrons. The molecule has 3 rings (SSSR count). The Morgan fingerprint density at radius 3 is 2.52 bits per heavy atom. The molecule has 2 heterocycles. The molecule has 7 heteroatoms. The molecule has 0 aliphatic carbocycles. The van der Waals surface area contributed by atoms with Gasteiger partial charge in [0.25, 0.3) is 0 Å². The fraction of sp³-hybridized carbons (Fsp3) is 0.429. The first-order valence-corrected chi connectivity index (χ1v) is 7.75. The molecule has 1 N–H and O–H groups in total. The van der Waals surface area contributed by atoms with Crippen molar-refractivity contribution >= 4 is 23.8 Å². The van der Waals surface area contributed by atoms with Crippen LogP contribution in [0.1, 0.15) is 5.82 Å². The summed E-state index contributed by atoms with van der Waals surface area (Å²) in [6.07, 6.45) is 0. The number of benzene rings is 1. The van der Waals surface area contributed by atoms with Gasteiger partial charge in [0.1, 0.15) is 5.82 Å². The molecule has 0 amide bonds. The Labute approximate surface area is 134 Å². The molecule has 0 unspecified atom stereocenters. The van der Waals surface area contributed by atoms with E-state index in [4.69, 9.17) is 23.8 Å². The summed E-state index contributed by atoms with van der Waals surface area (Å²) in [5.74, 6) is 0.937. The Morgan fingerprint density at radius 2 is 1.86 bits per heavy atom. The second-order valence-corrected chi connectivity index (χ2v) is 6.16. The van der Waals surface area contributed by atoms with Crippen LogP contribution < -0.4 is 0 Å². The van der Waals surface area contributed by atoms with E-state index in [-0.39, 0.29) is 0 Å². The van der Waals surface area contributed by atoms with Crippen molar-refractivity contribution in [3.63, 3.8) is 0 Å². The monoisotopic (exact) mass is 323 g/mol. The van der Waals surface area contributed by atoms with Gasteiger partial charge in [-0.05, 0) is 43.5 Å². The molecule has 1 aromatic heterocycles. The third kappa shape index (κ3) is 3.35. The summed E-state index contributed by atoms with van der Waals surface area (Å²) >= 11 is 11.3. The average molecular weight is 324 g/mol. The van der Waals surface area contributed by atoms with Crippen molar-refractivity contribution < 1.29 is 0 Å². The Bertz CT molecular complexity index is 655. The van der Waals surface area contributed by atoms with E-state index >= 15 is 0 Å². The zero-order chi connectivity index (χ0) is 14.8. The Kier molecular flexibility index (Phi) is 4.40. The number of aromatic nitrogens is 3. The van der Waals surface area contributed by atoms with E-state index in [1.165, 1.54) is 0 Å². The average Bonchev–Trinajstić information content (AvgIpc) is 2.83. The maximum atomic E-state index is 5.95. The second-order valence-electron chi connectivity index (χ2n) is 5.34. The van der Waals surface area contributed by atoms with Gasteiger partial charge in [-0.1, -0.05) is 11.6 Å². The predicted octanol–water partition coefficient (Wildman–Crippen LogP) is 2.33. The van der Waals surface area contributed by atoms with E-state index in [2.05, 4.69) is 27.0 Å². The van der Waals surface area contributed by atoms with Crippen LogP contribution in [-0.4, -0.2) is 57.8 Å². The highest BCUT2D eigenvalue weighted by Crippen LogP contribution is 2.16. The Morgan fingerprint density at radius 1 is 1.19 bits per heavy atom. The van der Waals surface area contributed by atoms with Gasteiger partial charge in [0.05, 0.1) is 6.54 Å². The number of nitrogens with one attached hydrogen (secondary N) is 1. The van der Waals surface area contributed by atoms with Gasteiger partial charge in [-0.15, -0.1) is 0 Å². The molecular formula is C14H18ClN5S. The minimum absolute atomic E-state index is 0.612. The molecular weight excluding hydrogens is 306 g/mol. The molecule has 5 nitrogen and oxygen atoms in total. The summed E-state index contributed by atoms with van der Waals surface area (Å²) in [4.78, 5) is 4.74. The summed E-state index contributed by atoms with van der Waals surface area (Å²) in [5.41, 5.74) is 0.988. The van der Waals surface area contributed by atoms with Gasteiger partial charge < -0.3 is 4.90 Å². The molecule has 1 fully saturated rings. The van der Waals surface area contributed by atoms with Gasteiger partial charge in [-0.3, -0.25) is 14.6 Å². The molecule has 0 atom stereocenters. The normalized spacial score (nSPS) is 17.2. The molecule has 1 saturated heterocycles. The van der Waals surface area contributed by atoms with Crippen LogP contribution in [0, 0.1) is 4.77 Å². The Balaban J connectivity index is 1.83. The maximum absolute atomic E-state index is 5.95. The van der Waals surface area contributed by atoms with E-state index in [0.717, 1.165) is 49.3 Å². The molecule has 0 spiro atoms. The number of likely N-dealkylation sites (N-methyl/N-ethyl adjacent to an activating group) is 1. The van der Waals surface area contributed by atoms with Gasteiger partial charge in [0.15, 0.2) is 4.77 Å². The van der Waals surface area contributed by atoms with Crippen molar-refractivity contribution in [2.24, 2.45) is 0 Å². The molecule has 0 saturated carbocycles. The summed E-state index contributed by atoms with van der Waals surface area (Å²) < 4.78 is 2.59. The lowest BCUT2D eigenvalue weighted by atomic mass is 10.3. The summed E-state index contributed by atoms with van der Waals surface area (Å²) in [6, 6.07) is 7.65. The fourth-order valence-electron chi connectivity index (χ4n) is 2.50. The van der Waals surface area contributed by atoms with E-state index in [0.29, 0.717) is 4.77 Å². The van der Waals surface area contributed by atoms with Crippen molar-refractivity contribution in [1.82, 2.24) is 24.6 Å². The molecule has 0 bridgehead atoms. The standard InChI is InChI=1S/C14H18ClN5S/c1-18-6-8-19(9-7-18)10-13-16-17-14(21)20(13)12-4-2-11(15)3-5-12/h2-5H,6-10H2,1H3,(H,17,21). The van der Waals surface area contributed by atoms with Gasteiger partial charge in [-0.25, -0.2) is 0 Å². The quantitative estimate of drug-likeness (QED) is 0.880. The van der Waals surface area contributed by atoms with Crippen molar-refractivity contribution in [2.45, 2.75) is 6.54 Å². The van der Waals surface area contributed by atoms with Gasteiger partial charge >= 0.3 is 0 Å². The number of piperazine rings is 1. The first kappa shape index (κ1) is 14.7. The number of nitrogens with zero attached hydrogens (tertiary/aromatic N) is 4. The third-order valence-corrected chi connectivity index (χ3v) is 4.31. The predicted molar refractivity (Wildman–Crippen MR) is 86.5 cm³/mol. The van der Waals surface area contributed by atoms with Crippen LogP contribution in [-0.2, 0) is 6.54 Å². The molecule has 21 heavy (non-hydrogen) atoms. The zero-order valence-corrected chi connectivity index (χ0v) is 13.5. The minimum atomic E-state index is 0.612. The Hall–Kier alpha value is -1.21. The molecule has 1 aromatic carbocycles. The smallest absolute Gasteiger partial charge is 0.199 e. The largest absolute Gasteiger partial charge is 0.304 e. The molecule has 1 aliphatic rings. The van der Waals surface area contributed by atoms with E-state index in [1.807, 2.05) is 28.8 Å². The lowest BCUT2D eigenvalue weighted by molar-refractivity contribution is 0.145. The van der Waals surface area contributed by atoms with E-state index < -0.39 is 0 Å². The zero-order valence-electron chi connectivity index (χ0n) is 11.9. The van der Waals surface area contributed by atoms with Crippen molar-refractivity contribution in [3.8, 4) is 5.69 Å². The maximum Gasteiger partial charge on any atom is 0.199 e. The first-order valence-electron chi connectivity index (χ1n) is 6.96. The summed E-state index contributed by atoms with van der Waals surface area (Å²) in [7, 11) is 2.15. The second kappa shape index (κ2) is 6.27. The number of hydrogen-bond acceptors (Lipinski definition) is 4. The lowest BCUT2D eigenvalue weighted by Crippen LogP contribution is -2.44. The number of halogens is 1. The summed E-state index contributed by atoms with van der Waals surface area (Å²) in [5, 5.41) is 8.00. The topological polar surface area (TPSA) is 40.1 Å². The van der Waals surface area contributed by atoms with Gasteiger partial charge in [0, 0.05) is 36.9 Å². The number of rotatable bonds is 3. The molecule has 1 aliphatic heterocycles. The number of hydrogen-bond donors (Lipinski definition) is 1. The summed E-state index contributed by atoms with van der Waals surface area (Å²) in [6.45, 7) is 5.08. The first-order chi connectivity index (χ1) is 10.1. The third-order valence-electron chi connectivity index (χ3n) is 3.79. The van der Waals surface area contributed by atoms with Crippen LogP contribution >= 0.6 is 23.8 Å². The fourth-order valence-corrected chi connectivity index (χ4v) is 2.88. The van der Waals surface area contributed by atoms with E-state index in [1.54, 1.807) is 0 Å². The highest BCUT2D eigenvalue weighted by atomic mass is 35.5. The van der Waals surface area contributed by atoms with Crippen molar-refractivity contribution in [3.05, 3.63) is 39.9 Å². The van der Waals surface area contributed by atoms with Gasteiger partial charge in [-0.2, -0.15) is 5.10 Å². The van der Waals surface area contributed by atoms with Crippen LogP contribution in [0.4, 0.5) is 0 Å². The number of H-pyrrole nitrogens is 1. The van der Waals surface area contributed by atoms with Crippen LogP contribution in [0.25, 0.3) is 5.69 Å². The van der Waals surface area contributed by atoms with Crippen molar-refractivity contribution in [2.75, 3.05) is 33.2 Å². The minimum Gasteiger partial charge on any atom is -0.304 e. The molecule has 2 aromatic rings. The van der Waals surface area contributed by atoms with Crippen molar-refractivity contribution in [1.29, 1.82) is 0 Å². The number of aromatic amines is 1. The van der Waals surface area contributed by atoms with Crippen LogP contribution in [0.2, 0.25) is 5.02 Å². The van der Waals surface area contributed by atoms with Crippen LogP contribution in [0.3, 0.4) is 0 Å². The molecule has 112 valence electrons. The van der Waals surface area contributed by atoms with Crippen LogP contribution in [0.5, 0.6) is 0 Å². The SMILES string of the molecule is CN1CCN(Cc2n[nH]c(=S)n2-c2ccc(Cl)cc2)CC1. The van der Waals surface area contributed by atoms with Gasteiger partial charge in [0.2, 0.25) is 0 Å². The lowest BCUT2D eigenvalue weighted by Gasteiger charge is -2.31. The highest BCUT2D eigenvalue weighted by Gasteiger charge is 2.17.